The molecule has 0 aliphatic rings. The third-order valence-corrected chi connectivity index (χ3v) is 3.23. The van der Waals surface area contributed by atoms with Crippen molar-refractivity contribution in [1.82, 2.24) is 0 Å². The maximum absolute atomic E-state index is 10.4. The molecule has 0 aromatic heterocycles. The van der Waals surface area contributed by atoms with E-state index in [0.29, 0.717) is 12.8 Å². The van der Waals surface area contributed by atoms with Crippen LogP contribution >= 0.6 is 0 Å². The van der Waals surface area contributed by atoms with Crippen molar-refractivity contribution >= 4 is 11.9 Å². The highest BCUT2D eigenvalue weighted by atomic mass is 16.4. The average molecular weight is 330 g/mol. The SMILES string of the molecule is NC(Cc1ccccc1)C(=O)O.N[C@@H](Cc1ccccc1)C(=O)O. The van der Waals surface area contributed by atoms with Gasteiger partial charge in [0.15, 0.2) is 0 Å². The first-order chi connectivity index (χ1) is 11.4. The van der Waals surface area contributed by atoms with Crippen molar-refractivity contribution in [3.05, 3.63) is 71.8 Å². The number of nitrogens with two attached hydrogens (primary N) is 2. The molecule has 0 saturated carbocycles. The highest BCUT2D eigenvalue weighted by Gasteiger charge is 2.11. The molecule has 1 unspecified atom stereocenters. The average Bonchev–Trinajstić information content (AvgIpc) is 2.57. The molecule has 0 aliphatic carbocycles. The van der Waals surface area contributed by atoms with Gasteiger partial charge in [-0.2, -0.15) is 0 Å². The predicted molar refractivity (Wildman–Crippen MR) is 91.5 cm³/mol. The minimum absolute atomic E-state index is 0.385. The first-order valence-electron chi connectivity index (χ1n) is 7.44. The van der Waals surface area contributed by atoms with Crippen LogP contribution in [0.5, 0.6) is 0 Å². The van der Waals surface area contributed by atoms with Gasteiger partial charge in [0.2, 0.25) is 0 Å². The zero-order valence-corrected chi connectivity index (χ0v) is 13.2. The molecule has 6 nitrogen and oxygen atoms in total. The number of hydrogen-bond donors (Lipinski definition) is 4. The van der Waals surface area contributed by atoms with Gasteiger partial charge >= 0.3 is 11.9 Å². The molecule has 0 amide bonds. The minimum atomic E-state index is -0.959. The van der Waals surface area contributed by atoms with Crippen LogP contribution in [0.1, 0.15) is 11.1 Å². The van der Waals surface area contributed by atoms with Crippen molar-refractivity contribution in [2.45, 2.75) is 24.9 Å². The van der Waals surface area contributed by atoms with E-state index in [9.17, 15) is 9.59 Å². The van der Waals surface area contributed by atoms with Crippen LogP contribution in [-0.2, 0) is 22.4 Å². The molecule has 0 saturated heterocycles. The Labute approximate surface area is 140 Å². The Morgan fingerprint density at radius 3 is 1.25 bits per heavy atom. The Balaban J connectivity index is 0.000000240. The van der Waals surface area contributed by atoms with Gasteiger partial charge < -0.3 is 21.7 Å². The summed E-state index contributed by atoms with van der Waals surface area (Å²) in [5.41, 5.74) is 12.6. The number of carbonyl (C=O) groups is 2. The molecule has 24 heavy (non-hydrogen) atoms. The molecule has 2 rings (SSSR count). The van der Waals surface area contributed by atoms with E-state index in [0.717, 1.165) is 11.1 Å². The quantitative estimate of drug-likeness (QED) is 0.632. The summed E-state index contributed by atoms with van der Waals surface area (Å²) < 4.78 is 0. The Bertz CT molecular complexity index is 574. The number of aliphatic carboxylic acids is 2. The van der Waals surface area contributed by atoms with Crippen molar-refractivity contribution in [1.29, 1.82) is 0 Å². The van der Waals surface area contributed by atoms with Crippen molar-refractivity contribution in [3.63, 3.8) is 0 Å². The van der Waals surface area contributed by atoms with Crippen molar-refractivity contribution in [3.8, 4) is 0 Å². The third-order valence-electron chi connectivity index (χ3n) is 3.23. The van der Waals surface area contributed by atoms with Gasteiger partial charge in [-0.15, -0.1) is 0 Å². The minimum Gasteiger partial charge on any atom is -0.480 e. The topological polar surface area (TPSA) is 127 Å². The van der Waals surface area contributed by atoms with Crippen LogP contribution in [-0.4, -0.2) is 34.2 Å². The highest BCUT2D eigenvalue weighted by Crippen LogP contribution is 2.02. The molecule has 0 fully saturated rings. The Morgan fingerprint density at radius 2 is 1.00 bits per heavy atom. The zero-order valence-electron chi connectivity index (χ0n) is 13.2. The summed E-state index contributed by atoms with van der Waals surface area (Å²) in [5, 5.41) is 17.0. The van der Waals surface area contributed by atoms with Gasteiger partial charge in [0.25, 0.3) is 0 Å². The summed E-state index contributed by atoms with van der Waals surface area (Å²) in [5.74, 6) is -1.92. The highest BCUT2D eigenvalue weighted by molar-refractivity contribution is 5.73. The molecule has 6 N–H and O–H groups in total. The Hall–Kier alpha value is -2.70. The van der Waals surface area contributed by atoms with Crippen LogP contribution in [0.25, 0.3) is 0 Å². The molecule has 2 aromatic carbocycles. The van der Waals surface area contributed by atoms with E-state index in [1.54, 1.807) is 0 Å². The van der Waals surface area contributed by atoms with Crippen LogP contribution in [0.3, 0.4) is 0 Å². The lowest BCUT2D eigenvalue weighted by Gasteiger charge is -2.04. The lowest BCUT2D eigenvalue weighted by atomic mass is 10.1. The fourth-order valence-corrected chi connectivity index (χ4v) is 1.91. The van der Waals surface area contributed by atoms with Crippen LogP contribution < -0.4 is 11.5 Å². The molecule has 0 radical (unpaired) electrons. The number of carboxylic acids is 2. The van der Waals surface area contributed by atoms with Gasteiger partial charge in [-0.1, -0.05) is 60.7 Å². The molecule has 2 atom stereocenters. The van der Waals surface area contributed by atoms with Crippen LogP contribution in [0.4, 0.5) is 0 Å². The van der Waals surface area contributed by atoms with E-state index >= 15 is 0 Å². The maximum atomic E-state index is 10.4. The van der Waals surface area contributed by atoms with Crippen molar-refractivity contribution in [2.75, 3.05) is 0 Å². The summed E-state index contributed by atoms with van der Waals surface area (Å²) in [7, 11) is 0. The first-order valence-corrected chi connectivity index (χ1v) is 7.44. The second-order valence-electron chi connectivity index (χ2n) is 5.27. The summed E-state index contributed by atoms with van der Waals surface area (Å²) in [6.45, 7) is 0. The lowest BCUT2D eigenvalue weighted by molar-refractivity contribution is -0.139. The van der Waals surface area contributed by atoms with Gasteiger partial charge in [-0.3, -0.25) is 9.59 Å². The summed E-state index contributed by atoms with van der Waals surface area (Å²) in [6, 6.07) is 17.1. The summed E-state index contributed by atoms with van der Waals surface area (Å²) >= 11 is 0. The summed E-state index contributed by atoms with van der Waals surface area (Å²) in [4.78, 5) is 20.8. The summed E-state index contributed by atoms with van der Waals surface area (Å²) in [6.07, 6.45) is 0.770. The monoisotopic (exact) mass is 330 g/mol. The lowest BCUT2D eigenvalue weighted by Crippen LogP contribution is -2.32. The van der Waals surface area contributed by atoms with Gasteiger partial charge in [-0.25, -0.2) is 0 Å². The van der Waals surface area contributed by atoms with Gasteiger partial charge in [0.05, 0.1) is 0 Å². The Kier molecular flexibility index (Phi) is 8.18. The largest absolute Gasteiger partial charge is 0.480 e. The van der Waals surface area contributed by atoms with Crippen LogP contribution in [0.15, 0.2) is 60.7 Å². The molecule has 0 heterocycles. The first kappa shape index (κ1) is 19.3. The van der Waals surface area contributed by atoms with Crippen molar-refractivity contribution in [2.24, 2.45) is 11.5 Å². The third kappa shape index (κ3) is 7.53. The van der Waals surface area contributed by atoms with E-state index in [1.165, 1.54) is 0 Å². The number of carboxylic acid groups (broad SMARTS) is 2. The van der Waals surface area contributed by atoms with Crippen molar-refractivity contribution < 1.29 is 19.8 Å². The molecule has 0 bridgehead atoms. The predicted octanol–water partition coefficient (Wildman–Crippen LogP) is 1.28. The fraction of sp³-hybridized carbons (Fsp3) is 0.222. The van der Waals surface area contributed by atoms with Gasteiger partial charge in [0.1, 0.15) is 12.1 Å². The van der Waals surface area contributed by atoms with E-state index in [4.69, 9.17) is 21.7 Å². The van der Waals surface area contributed by atoms with E-state index < -0.39 is 24.0 Å². The molecular weight excluding hydrogens is 308 g/mol. The van der Waals surface area contributed by atoms with E-state index in [1.807, 2.05) is 60.7 Å². The molecule has 6 heteroatoms. The number of hydrogen-bond acceptors (Lipinski definition) is 4. The molecule has 0 aliphatic heterocycles. The second kappa shape index (κ2) is 10.1. The molecule has 128 valence electrons. The number of benzene rings is 2. The second-order valence-corrected chi connectivity index (χ2v) is 5.27. The maximum Gasteiger partial charge on any atom is 0.320 e. The fourth-order valence-electron chi connectivity index (χ4n) is 1.91. The molecule has 0 spiro atoms. The van der Waals surface area contributed by atoms with Gasteiger partial charge in [-0.05, 0) is 24.0 Å². The smallest absolute Gasteiger partial charge is 0.320 e. The zero-order chi connectivity index (χ0) is 17.9. The Morgan fingerprint density at radius 1 is 0.708 bits per heavy atom. The molecule has 2 aromatic rings. The standard InChI is InChI=1S/2C9H11NO2/c2*10-8(9(11)12)6-7-4-2-1-3-5-7/h2*1-5,8H,6,10H2,(H,11,12)/t8-;/m0./s1. The van der Waals surface area contributed by atoms with E-state index in [-0.39, 0.29) is 0 Å². The normalized spacial score (nSPS) is 12.4. The molecular formula is C18H22N2O4. The van der Waals surface area contributed by atoms with Gasteiger partial charge in [0, 0.05) is 0 Å². The van der Waals surface area contributed by atoms with Crippen LogP contribution in [0.2, 0.25) is 0 Å². The number of rotatable bonds is 6. The van der Waals surface area contributed by atoms with Crippen LogP contribution in [0, 0.1) is 0 Å². The van der Waals surface area contributed by atoms with E-state index in [2.05, 4.69) is 0 Å².